The fourth-order valence-corrected chi connectivity index (χ4v) is 4.68. The molecule has 0 unspecified atom stereocenters. The molecule has 0 saturated heterocycles. The van der Waals surface area contributed by atoms with Gasteiger partial charge in [0.25, 0.3) is 0 Å². The van der Waals surface area contributed by atoms with E-state index in [9.17, 15) is 9.59 Å². The first-order valence-corrected chi connectivity index (χ1v) is 11.4. The molecule has 2 heterocycles. The third-order valence-corrected chi connectivity index (χ3v) is 6.28. The van der Waals surface area contributed by atoms with E-state index in [1.165, 1.54) is 5.56 Å². The van der Waals surface area contributed by atoms with Gasteiger partial charge in [0.1, 0.15) is 5.75 Å². The lowest BCUT2D eigenvalue weighted by molar-refractivity contribution is -0.115. The molecule has 0 spiro atoms. The fourth-order valence-electron chi connectivity index (χ4n) is 3.97. The number of ketones is 1. The van der Waals surface area contributed by atoms with Gasteiger partial charge in [-0.05, 0) is 61.5 Å². The average Bonchev–Trinajstić information content (AvgIpc) is 3.25. The molecule has 0 saturated carbocycles. The van der Waals surface area contributed by atoms with Crippen LogP contribution in [-0.2, 0) is 17.6 Å². The Balaban J connectivity index is 1.52. The molecule has 6 heteroatoms. The van der Waals surface area contributed by atoms with E-state index < -0.39 is 0 Å². The first-order valence-electron chi connectivity index (χ1n) is 10.5. The van der Waals surface area contributed by atoms with Crippen LogP contribution in [0.3, 0.4) is 0 Å². The smallest absolute Gasteiger partial charge is 0.229 e. The lowest BCUT2D eigenvalue weighted by atomic mass is 9.85. The van der Waals surface area contributed by atoms with E-state index in [2.05, 4.69) is 25.2 Å². The molecule has 164 valence electrons. The van der Waals surface area contributed by atoms with E-state index in [-0.39, 0.29) is 23.7 Å². The van der Waals surface area contributed by atoms with Crippen molar-refractivity contribution in [3.8, 4) is 5.75 Å². The summed E-state index contributed by atoms with van der Waals surface area (Å²) in [4.78, 5) is 31.4. The van der Waals surface area contributed by atoms with Crippen LogP contribution in [0.4, 0.5) is 5.69 Å². The number of nitrogens with one attached hydrogen (secondary N) is 1. The number of thiophene rings is 1. The van der Waals surface area contributed by atoms with E-state index in [4.69, 9.17) is 9.73 Å². The molecule has 1 N–H and O–H groups in total. The number of hydrogen-bond donors (Lipinski definition) is 1. The number of hydrogen-bond acceptors (Lipinski definition) is 5. The second-order valence-corrected chi connectivity index (χ2v) is 9.59. The summed E-state index contributed by atoms with van der Waals surface area (Å²) in [5.41, 5.74) is 3.81. The van der Waals surface area contributed by atoms with Crippen LogP contribution in [0.15, 0.2) is 65.0 Å². The molecular weight excluding hydrogens is 420 g/mol. The normalized spacial score (nSPS) is 14.3. The van der Waals surface area contributed by atoms with Gasteiger partial charge >= 0.3 is 0 Å². The minimum Gasteiger partial charge on any atom is -0.497 e. The monoisotopic (exact) mass is 446 g/mol. The standard InChI is InChI=1S/C26H26N2O3S/c1-26(2)16-18-9-10-20(31-3)13-22(18)23(28-26)15-24(29)17-6-4-7-19(12-17)27-25(30)14-21-8-5-11-32-21/h4-13H,14-16H2,1-3H3,(H,27,30). The van der Waals surface area contributed by atoms with Gasteiger partial charge in [0.15, 0.2) is 5.78 Å². The third kappa shape index (κ3) is 5.14. The van der Waals surface area contributed by atoms with Gasteiger partial charge in [0.2, 0.25) is 5.91 Å². The lowest BCUT2D eigenvalue weighted by Crippen LogP contribution is -2.30. The van der Waals surface area contributed by atoms with Crippen molar-refractivity contribution in [1.82, 2.24) is 0 Å². The zero-order chi connectivity index (χ0) is 22.7. The molecule has 0 bridgehead atoms. The Hall–Kier alpha value is -3.25. The highest BCUT2D eigenvalue weighted by Gasteiger charge is 2.28. The summed E-state index contributed by atoms with van der Waals surface area (Å²) in [5.74, 6) is 0.611. The molecule has 1 aliphatic heterocycles. The highest BCUT2D eigenvalue weighted by atomic mass is 32.1. The number of ether oxygens (including phenoxy) is 1. The van der Waals surface area contributed by atoms with Crippen LogP contribution in [0, 0.1) is 0 Å². The summed E-state index contributed by atoms with van der Waals surface area (Å²) >= 11 is 1.55. The third-order valence-electron chi connectivity index (χ3n) is 5.40. The molecule has 5 nitrogen and oxygen atoms in total. The van der Waals surface area contributed by atoms with Gasteiger partial charge in [-0.3, -0.25) is 14.6 Å². The maximum atomic E-state index is 13.2. The fraction of sp³-hybridized carbons (Fsp3) is 0.269. The number of amides is 1. The summed E-state index contributed by atoms with van der Waals surface area (Å²) in [6.45, 7) is 4.16. The highest BCUT2D eigenvalue weighted by Crippen LogP contribution is 2.31. The molecular formula is C26H26N2O3S. The van der Waals surface area contributed by atoms with E-state index in [0.29, 0.717) is 17.7 Å². The Kier molecular flexibility index (Phi) is 6.24. The van der Waals surface area contributed by atoms with Crippen LogP contribution in [0.5, 0.6) is 5.75 Å². The molecule has 4 rings (SSSR count). The molecule has 2 aromatic carbocycles. The first kappa shape index (κ1) is 22.0. The van der Waals surface area contributed by atoms with Crippen LogP contribution < -0.4 is 10.1 Å². The summed E-state index contributed by atoms with van der Waals surface area (Å²) in [6.07, 6.45) is 1.33. The maximum absolute atomic E-state index is 13.2. The zero-order valence-electron chi connectivity index (χ0n) is 18.5. The van der Waals surface area contributed by atoms with Crippen LogP contribution in [0.1, 0.15) is 46.6 Å². The van der Waals surface area contributed by atoms with Gasteiger partial charge in [-0.2, -0.15) is 0 Å². The van der Waals surface area contributed by atoms with Crippen molar-refractivity contribution in [3.05, 3.63) is 81.5 Å². The van der Waals surface area contributed by atoms with E-state index in [1.54, 1.807) is 42.7 Å². The largest absolute Gasteiger partial charge is 0.497 e. The molecule has 0 fully saturated rings. The van der Waals surface area contributed by atoms with Crippen LogP contribution in [0.2, 0.25) is 0 Å². The quantitative estimate of drug-likeness (QED) is 0.499. The number of benzene rings is 2. The zero-order valence-corrected chi connectivity index (χ0v) is 19.3. The minimum absolute atomic E-state index is 0.0374. The number of aliphatic imine (C=N–C) groups is 1. The van der Waals surface area contributed by atoms with E-state index in [0.717, 1.165) is 28.3 Å². The molecule has 0 atom stereocenters. The van der Waals surface area contributed by atoms with Gasteiger partial charge in [-0.1, -0.05) is 24.3 Å². The Morgan fingerprint density at radius 3 is 2.69 bits per heavy atom. The number of methoxy groups -OCH3 is 1. The lowest BCUT2D eigenvalue weighted by Gasteiger charge is -2.29. The van der Waals surface area contributed by atoms with Gasteiger partial charge < -0.3 is 10.1 Å². The first-order chi connectivity index (χ1) is 15.3. The molecule has 1 amide bonds. The minimum atomic E-state index is -0.269. The average molecular weight is 447 g/mol. The molecule has 3 aromatic rings. The Morgan fingerprint density at radius 2 is 1.94 bits per heavy atom. The number of carbonyl (C=O) groups excluding carboxylic acids is 2. The summed E-state index contributed by atoms with van der Waals surface area (Å²) < 4.78 is 5.38. The van der Waals surface area contributed by atoms with Crippen LogP contribution in [0.25, 0.3) is 0 Å². The number of nitrogens with zero attached hydrogens (tertiary/aromatic N) is 1. The summed E-state index contributed by atoms with van der Waals surface area (Å²) in [6, 6.07) is 16.9. The summed E-state index contributed by atoms with van der Waals surface area (Å²) in [7, 11) is 1.63. The molecule has 1 aliphatic rings. The summed E-state index contributed by atoms with van der Waals surface area (Å²) in [5, 5.41) is 4.84. The molecule has 1 aromatic heterocycles. The SMILES string of the molecule is COc1ccc2c(c1)C(CC(=O)c1cccc(NC(=O)Cc3cccs3)c1)=NC(C)(C)C2. The van der Waals surface area contributed by atoms with Crippen LogP contribution in [-0.4, -0.2) is 30.1 Å². The number of fused-ring (bicyclic) bond motifs is 1. The Bertz CT molecular complexity index is 1180. The Morgan fingerprint density at radius 1 is 1.09 bits per heavy atom. The number of Topliss-reactive ketones (excluding diaryl/α,β-unsaturated/α-hetero) is 1. The topological polar surface area (TPSA) is 67.8 Å². The van der Waals surface area contributed by atoms with Gasteiger partial charge in [-0.15, -0.1) is 11.3 Å². The van der Waals surface area contributed by atoms with Crippen molar-refractivity contribution in [1.29, 1.82) is 0 Å². The van der Waals surface area contributed by atoms with Crippen molar-refractivity contribution < 1.29 is 14.3 Å². The number of carbonyl (C=O) groups is 2. The van der Waals surface area contributed by atoms with Gasteiger partial charge in [-0.25, -0.2) is 0 Å². The second-order valence-electron chi connectivity index (χ2n) is 8.56. The van der Waals surface area contributed by atoms with Gasteiger partial charge in [0, 0.05) is 21.7 Å². The van der Waals surface area contributed by atoms with Crippen molar-refractivity contribution in [2.24, 2.45) is 4.99 Å². The van der Waals surface area contributed by atoms with Gasteiger partial charge in [0.05, 0.1) is 31.2 Å². The number of rotatable bonds is 7. The van der Waals surface area contributed by atoms with Crippen LogP contribution >= 0.6 is 11.3 Å². The van der Waals surface area contributed by atoms with E-state index in [1.807, 2.05) is 29.6 Å². The van der Waals surface area contributed by atoms with Crippen molar-refractivity contribution in [2.45, 2.75) is 38.6 Å². The maximum Gasteiger partial charge on any atom is 0.229 e. The van der Waals surface area contributed by atoms with Crippen molar-refractivity contribution >= 4 is 34.4 Å². The molecule has 0 aliphatic carbocycles. The molecule has 32 heavy (non-hydrogen) atoms. The number of anilines is 1. The molecule has 0 radical (unpaired) electrons. The van der Waals surface area contributed by atoms with E-state index >= 15 is 0 Å². The second kappa shape index (κ2) is 9.09. The Labute approximate surface area is 192 Å². The van der Waals surface area contributed by atoms with Crippen molar-refractivity contribution in [3.63, 3.8) is 0 Å². The predicted octanol–water partition coefficient (Wildman–Crippen LogP) is 5.33. The van der Waals surface area contributed by atoms with Crippen molar-refractivity contribution in [2.75, 3.05) is 12.4 Å². The predicted molar refractivity (Wildman–Crippen MR) is 129 cm³/mol. The highest BCUT2D eigenvalue weighted by molar-refractivity contribution is 7.10.